The van der Waals surface area contributed by atoms with E-state index in [0.717, 1.165) is 42.5 Å². The number of benzene rings is 2. The molecule has 5 rings (SSSR count). The minimum Gasteiger partial charge on any atom is -0.392 e. The molecular formula is C25H24ClF3N4O2. The molecule has 4 aromatic rings. The summed E-state index contributed by atoms with van der Waals surface area (Å²) in [6.45, 7) is 3.09. The number of pyridine rings is 1. The number of hydrogen-bond acceptors (Lipinski definition) is 4. The van der Waals surface area contributed by atoms with Crippen molar-refractivity contribution < 1.29 is 18.3 Å². The summed E-state index contributed by atoms with van der Waals surface area (Å²) in [7, 11) is 0. The first-order valence-electron chi connectivity index (χ1n) is 11.0. The second-order valence-electron chi connectivity index (χ2n) is 8.55. The molecule has 1 N–H and O–H groups in total. The number of likely N-dealkylation sites (tertiary alicyclic amines) is 1. The monoisotopic (exact) mass is 504 g/mol. The van der Waals surface area contributed by atoms with E-state index in [1.54, 1.807) is 18.5 Å². The molecule has 0 saturated carbocycles. The van der Waals surface area contributed by atoms with Crippen molar-refractivity contribution in [1.29, 1.82) is 0 Å². The Kier molecular flexibility index (Phi) is 7.02. The molecule has 1 atom stereocenters. The Morgan fingerprint density at radius 2 is 1.77 bits per heavy atom. The van der Waals surface area contributed by atoms with Crippen molar-refractivity contribution in [3.8, 4) is 16.8 Å². The standard InChI is InChI=1S/C25H23F3N4O2.ClH/c26-25(27,28)20-3-1-17(2-4-20)18-7-10-31(24(34)14-18)21-5-6-23-19(13-21)15-29-32(23)12-11-30-9-8-22(33)16-30;/h1-7,10,13-15,22,33H,8-9,11-12,16H2;1H/t22-;/m0./s1. The largest absolute Gasteiger partial charge is 0.416 e. The Balaban J connectivity index is 0.00000289. The third kappa shape index (κ3) is 5.27. The first kappa shape index (κ1) is 25.0. The van der Waals surface area contributed by atoms with Crippen LogP contribution in [-0.2, 0) is 12.7 Å². The molecule has 0 radical (unpaired) electrons. The number of halogens is 4. The molecule has 1 fully saturated rings. The zero-order valence-corrected chi connectivity index (χ0v) is 19.5. The molecule has 1 saturated heterocycles. The van der Waals surface area contributed by atoms with Crippen molar-refractivity contribution in [2.75, 3.05) is 19.6 Å². The maximum atomic E-state index is 12.8. The number of nitrogens with zero attached hydrogens (tertiary/aromatic N) is 4. The molecule has 3 heterocycles. The number of rotatable bonds is 5. The van der Waals surface area contributed by atoms with Crippen molar-refractivity contribution >= 4 is 23.3 Å². The maximum Gasteiger partial charge on any atom is 0.416 e. The fraction of sp³-hybridized carbons (Fsp3) is 0.280. The summed E-state index contributed by atoms with van der Waals surface area (Å²) in [5.74, 6) is 0. The van der Waals surface area contributed by atoms with Crippen LogP contribution >= 0.6 is 12.4 Å². The molecule has 6 nitrogen and oxygen atoms in total. The van der Waals surface area contributed by atoms with E-state index in [4.69, 9.17) is 0 Å². The molecule has 0 bridgehead atoms. The number of aliphatic hydroxyl groups excluding tert-OH is 1. The van der Waals surface area contributed by atoms with E-state index in [9.17, 15) is 23.1 Å². The second kappa shape index (κ2) is 9.85. The highest BCUT2D eigenvalue weighted by Crippen LogP contribution is 2.30. The zero-order valence-electron chi connectivity index (χ0n) is 18.7. The van der Waals surface area contributed by atoms with Crippen LogP contribution in [0.25, 0.3) is 27.7 Å². The lowest BCUT2D eigenvalue weighted by molar-refractivity contribution is -0.137. The lowest BCUT2D eigenvalue weighted by atomic mass is 10.0. The van der Waals surface area contributed by atoms with E-state index in [2.05, 4.69) is 10.00 Å². The minimum absolute atomic E-state index is 0. The van der Waals surface area contributed by atoms with Crippen LogP contribution in [0.5, 0.6) is 0 Å². The van der Waals surface area contributed by atoms with Crippen molar-refractivity contribution in [1.82, 2.24) is 19.2 Å². The fourth-order valence-electron chi connectivity index (χ4n) is 4.38. The van der Waals surface area contributed by atoms with Gasteiger partial charge in [0.25, 0.3) is 5.56 Å². The van der Waals surface area contributed by atoms with Crippen LogP contribution in [0.1, 0.15) is 12.0 Å². The Morgan fingerprint density at radius 3 is 2.43 bits per heavy atom. The summed E-state index contributed by atoms with van der Waals surface area (Å²) < 4.78 is 41.8. The third-order valence-corrected chi connectivity index (χ3v) is 6.24. The number of aromatic nitrogens is 3. The van der Waals surface area contributed by atoms with E-state index in [1.165, 1.54) is 22.8 Å². The summed E-state index contributed by atoms with van der Waals surface area (Å²) in [5.41, 5.74) is 1.72. The predicted molar refractivity (Wildman–Crippen MR) is 130 cm³/mol. The number of hydrogen-bond donors (Lipinski definition) is 1. The molecule has 10 heteroatoms. The Labute approximate surface area is 205 Å². The summed E-state index contributed by atoms with van der Waals surface area (Å²) in [4.78, 5) is 15.0. The van der Waals surface area contributed by atoms with E-state index in [0.29, 0.717) is 29.9 Å². The van der Waals surface area contributed by atoms with Crippen LogP contribution in [0.4, 0.5) is 13.2 Å². The van der Waals surface area contributed by atoms with Gasteiger partial charge in [-0.05, 0) is 53.9 Å². The second-order valence-corrected chi connectivity index (χ2v) is 8.55. The van der Waals surface area contributed by atoms with E-state index >= 15 is 0 Å². The van der Waals surface area contributed by atoms with E-state index in [1.807, 2.05) is 22.9 Å². The number of β-amino-alcohol motifs (C(OH)–C–C–N with tert-alkyl or cyclic N) is 1. The van der Waals surface area contributed by atoms with Gasteiger partial charge in [-0.1, -0.05) is 12.1 Å². The van der Waals surface area contributed by atoms with Crippen LogP contribution in [-0.4, -0.2) is 50.1 Å². The van der Waals surface area contributed by atoms with Crippen molar-refractivity contribution in [3.05, 3.63) is 82.9 Å². The molecule has 1 aliphatic rings. The van der Waals surface area contributed by atoms with Crippen LogP contribution < -0.4 is 5.56 Å². The fourth-order valence-corrected chi connectivity index (χ4v) is 4.38. The first-order chi connectivity index (χ1) is 16.3. The van der Waals surface area contributed by atoms with Gasteiger partial charge < -0.3 is 5.11 Å². The lowest BCUT2D eigenvalue weighted by Crippen LogP contribution is -2.26. The van der Waals surface area contributed by atoms with Gasteiger partial charge in [-0.2, -0.15) is 18.3 Å². The number of alkyl halides is 3. The average molecular weight is 505 g/mol. The number of aliphatic hydroxyl groups is 1. The van der Waals surface area contributed by atoms with Crippen LogP contribution in [0.15, 0.2) is 71.8 Å². The highest BCUT2D eigenvalue weighted by molar-refractivity contribution is 5.85. The molecule has 0 amide bonds. The zero-order chi connectivity index (χ0) is 23.9. The predicted octanol–water partition coefficient (Wildman–Crippen LogP) is 4.36. The first-order valence-corrected chi connectivity index (χ1v) is 11.0. The summed E-state index contributed by atoms with van der Waals surface area (Å²) >= 11 is 0. The molecule has 0 aliphatic carbocycles. The summed E-state index contributed by atoms with van der Waals surface area (Å²) in [6, 6.07) is 13.5. The van der Waals surface area contributed by atoms with Gasteiger partial charge in [0.15, 0.2) is 0 Å². The highest BCUT2D eigenvalue weighted by Gasteiger charge is 2.30. The Bertz CT molecular complexity index is 1380. The van der Waals surface area contributed by atoms with Crippen molar-refractivity contribution in [2.24, 2.45) is 0 Å². The average Bonchev–Trinajstić information content (AvgIpc) is 3.42. The van der Waals surface area contributed by atoms with Gasteiger partial charge in [0, 0.05) is 43.0 Å². The topological polar surface area (TPSA) is 63.3 Å². The van der Waals surface area contributed by atoms with Crippen molar-refractivity contribution in [3.63, 3.8) is 0 Å². The minimum atomic E-state index is -4.40. The molecule has 35 heavy (non-hydrogen) atoms. The van der Waals surface area contributed by atoms with Gasteiger partial charge in [0.2, 0.25) is 0 Å². The van der Waals surface area contributed by atoms with Gasteiger partial charge in [-0.15, -0.1) is 12.4 Å². The maximum absolute atomic E-state index is 12.8. The molecule has 184 valence electrons. The summed E-state index contributed by atoms with van der Waals surface area (Å²) in [5, 5.41) is 15.1. The van der Waals surface area contributed by atoms with Gasteiger partial charge in [-0.25, -0.2) is 0 Å². The van der Waals surface area contributed by atoms with Gasteiger partial charge in [0.1, 0.15) is 0 Å². The van der Waals surface area contributed by atoms with Gasteiger partial charge in [-0.3, -0.25) is 18.9 Å². The van der Waals surface area contributed by atoms with Crippen LogP contribution in [0, 0.1) is 0 Å². The smallest absolute Gasteiger partial charge is 0.392 e. The SMILES string of the molecule is Cl.O=c1cc(-c2ccc(C(F)(F)F)cc2)ccn1-c1ccc2c(cnn2CCN2CC[C@H](O)C2)c1. The van der Waals surface area contributed by atoms with Crippen LogP contribution in [0.3, 0.4) is 0 Å². The van der Waals surface area contributed by atoms with Crippen molar-refractivity contribution in [2.45, 2.75) is 25.2 Å². The summed E-state index contributed by atoms with van der Waals surface area (Å²) in [6.07, 6.45) is -0.458. The highest BCUT2D eigenvalue weighted by atomic mass is 35.5. The van der Waals surface area contributed by atoms with E-state index in [-0.39, 0.29) is 24.1 Å². The molecule has 0 spiro atoms. The quantitative estimate of drug-likeness (QED) is 0.438. The lowest BCUT2D eigenvalue weighted by Gasteiger charge is -2.15. The van der Waals surface area contributed by atoms with Gasteiger partial charge in [0.05, 0.1) is 29.9 Å². The third-order valence-electron chi connectivity index (χ3n) is 6.24. The molecular weight excluding hydrogens is 481 g/mol. The Morgan fingerprint density at radius 1 is 1.00 bits per heavy atom. The normalized spacial score (nSPS) is 16.5. The Hall–Kier alpha value is -3.14. The number of fused-ring (bicyclic) bond motifs is 1. The molecule has 2 aromatic carbocycles. The van der Waals surface area contributed by atoms with E-state index < -0.39 is 11.7 Å². The molecule has 0 unspecified atom stereocenters. The molecule has 2 aromatic heterocycles. The van der Waals surface area contributed by atoms with Gasteiger partial charge >= 0.3 is 6.18 Å². The molecule has 1 aliphatic heterocycles. The van der Waals surface area contributed by atoms with Crippen LogP contribution in [0.2, 0.25) is 0 Å².